The fourth-order valence-corrected chi connectivity index (χ4v) is 2.71. The van der Waals surface area contributed by atoms with Gasteiger partial charge in [-0.1, -0.05) is 26.0 Å². The van der Waals surface area contributed by atoms with Gasteiger partial charge in [-0.2, -0.15) is 0 Å². The number of nitrogens with one attached hydrogen (secondary N) is 1. The van der Waals surface area contributed by atoms with Gasteiger partial charge < -0.3 is 9.80 Å². The van der Waals surface area contributed by atoms with Crippen molar-refractivity contribution in [3.05, 3.63) is 24.3 Å². The summed E-state index contributed by atoms with van der Waals surface area (Å²) in [6, 6.07) is 7.93. The minimum Gasteiger partial charge on any atom is -0.371 e. The predicted molar refractivity (Wildman–Crippen MR) is 78.0 cm³/mol. The summed E-state index contributed by atoms with van der Waals surface area (Å²) in [4.78, 5) is 16.4. The first-order chi connectivity index (χ1) is 9.06. The summed E-state index contributed by atoms with van der Waals surface area (Å²) in [5.74, 6) is 5.39. The Balaban J connectivity index is 2.40. The zero-order valence-corrected chi connectivity index (χ0v) is 11.8. The lowest BCUT2D eigenvalue weighted by Crippen LogP contribution is -2.55. The first-order valence-corrected chi connectivity index (χ1v) is 6.63. The Morgan fingerprint density at radius 3 is 2.47 bits per heavy atom. The zero-order valence-electron chi connectivity index (χ0n) is 11.8. The molecular weight excluding hydrogens is 240 g/mol. The number of likely N-dealkylation sites (N-methyl/N-ethyl adjacent to an activating group) is 1. The Kier molecular flexibility index (Phi) is 3.95. The number of hydrogen-bond donors (Lipinski definition) is 2. The summed E-state index contributed by atoms with van der Waals surface area (Å²) < 4.78 is 0. The summed E-state index contributed by atoms with van der Waals surface area (Å²) in [6.45, 7) is 5.81. The standard InChI is InChI=1S/C14H22N4O/c1-10(2)13(14(19)16-15)18-9-8-17(3)11-6-4-5-7-12(11)18/h4-7,10,13H,8-9,15H2,1-3H3,(H,16,19). The van der Waals surface area contributed by atoms with Gasteiger partial charge in [-0.05, 0) is 18.1 Å². The van der Waals surface area contributed by atoms with Gasteiger partial charge in [-0.25, -0.2) is 5.84 Å². The van der Waals surface area contributed by atoms with E-state index in [0.29, 0.717) is 0 Å². The molecule has 1 aliphatic rings. The largest absolute Gasteiger partial charge is 0.371 e. The number of rotatable bonds is 3. The zero-order chi connectivity index (χ0) is 14.0. The van der Waals surface area contributed by atoms with E-state index in [9.17, 15) is 4.79 Å². The van der Waals surface area contributed by atoms with E-state index in [-0.39, 0.29) is 17.9 Å². The highest BCUT2D eigenvalue weighted by Crippen LogP contribution is 2.34. The van der Waals surface area contributed by atoms with Gasteiger partial charge in [-0.3, -0.25) is 10.2 Å². The van der Waals surface area contributed by atoms with Crippen LogP contribution in [0, 0.1) is 5.92 Å². The Hall–Kier alpha value is -1.75. The minimum atomic E-state index is -0.236. The van der Waals surface area contributed by atoms with Gasteiger partial charge in [-0.15, -0.1) is 0 Å². The summed E-state index contributed by atoms with van der Waals surface area (Å²) in [5.41, 5.74) is 4.54. The number of hydrazine groups is 1. The number of amides is 1. The number of benzene rings is 1. The lowest BCUT2D eigenvalue weighted by atomic mass is 9.99. The Labute approximate surface area is 114 Å². The average Bonchev–Trinajstić information content (AvgIpc) is 2.41. The Bertz CT molecular complexity index is 461. The summed E-state index contributed by atoms with van der Waals surface area (Å²) >= 11 is 0. The lowest BCUT2D eigenvalue weighted by Gasteiger charge is -2.42. The van der Waals surface area contributed by atoms with E-state index in [1.807, 2.05) is 26.0 Å². The third kappa shape index (κ3) is 2.51. The van der Waals surface area contributed by atoms with Gasteiger partial charge in [0.05, 0.1) is 11.4 Å². The highest BCUT2D eigenvalue weighted by atomic mass is 16.2. The number of carbonyl (C=O) groups excluding carboxylic acids is 1. The second-order valence-electron chi connectivity index (χ2n) is 5.30. The number of para-hydroxylation sites is 2. The molecule has 0 radical (unpaired) electrons. The van der Waals surface area contributed by atoms with Crippen molar-refractivity contribution in [3.63, 3.8) is 0 Å². The maximum absolute atomic E-state index is 12.1. The average molecular weight is 262 g/mol. The van der Waals surface area contributed by atoms with E-state index in [2.05, 4.69) is 34.4 Å². The first kappa shape index (κ1) is 13.7. The molecule has 0 saturated heterocycles. The Morgan fingerprint density at radius 2 is 1.89 bits per heavy atom. The van der Waals surface area contributed by atoms with Gasteiger partial charge in [0.2, 0.25) is 0 Å². The molecule has 3 N–H and O–H groups in total. The molecule has 0 aliphatic carbocycles. The van der Waals surface area contributed by atoms with Crippen molar-refractivity contribution < 1.29 is 4.79 Å². The molecule has 104 valence electrons. The topological polar surface area (TPSA) is 61.6 Å². The maximum Gasteiger partial charge on any atom is 0.256 e. The van der Waals surface area contributed by atoms with Crippen molar-refractivity contribution in [1.29, 1.82) is 0 Å². The molecule has 1 heterocycles. The van der Waals surface area contributed by atoms with Crippen LogP contribution in [0.2, 0.25) is 0 Å². The van der Waals surface area contributed by atoms with Crippen LogP contribution in [0.25, 0.3) is 0 Å². The molecule has 5 heteroatoms. The highest BCUT2D eigenvalue weighted by molar-refractivity contribution is 5.87. The van der Waals surface area contributed by atoms with Gasteiger partial charge >= 0.3 is 0 Å². The molecule has 0 saturated carbocycles. The molecule has 1 atom stereocenters. The van der Waals surface area contributed by atoms with Crippen molar-refractivity contribution in [2.45, 2.75) is 19.9 Å². The molecule has 1 aromatic carbocycles. The molecular formula is C14H22N4O. The summed E-state index contributed by atoms with van der Waals surface area (Å²) in [7, 11) is 2.07. The van der Waals surface area contributed by atoms with E-state index in [1.165, 1.54) is 0 Å². The fourth-order valence-electron chi connectivity index (χ4n) is 2.71. The SMILES string of the molecule is CC(C)C(C(=O)NN)N1CCN(C)c2ccccc21. The first-order valence-electron chi connectivity index (χ1n) is 6.63. The lowest BCUT2D eigenvalue weighted by molar-refractivity contribution is -0.123. The number of carbonyl (C=O) groups is 1. The van der Waals surface area contributed by atoms with E-state index in [1.54, 1.807) is 0 Å². The van der Waals surface area contributed by atoms with Crippen LogP contribution in [0.1, 0.15) is 13.8 Å². The minimum absolute atomic E-state index is 0.130. The van der Waals surface area contributed by atoms with Crippen LogP contribution >= 0.6 is 0 Å². The number of fused-ring (bicyclic) bond motifs is 1. The molecule has 1 amide bonds. The van der Waals surface area contributed by atoms with Crippen molar-refractivity contribution in [3.8, 4) is 0 Å². The quantitative estimate of drug-likeness (QED) is 0.484. The molecule has 1 unspecified atom stereocenters. The van der Waals surface area contributed by atoms with Crippen LogP contribution in [0.5, 0.6) is 0 Å². The molecule has 1 aliphatic heterocycles. The van der Waals surface area contributed by atoms with Crippen LogP contribution in [-0.4, -0.2) is 32.1 Å². The highest BCUT2D eigenvalue weighted by Gasteiger charge is 2.32. The van der Waals surface area contributed by atoms with E-state index in [0.717, 1.165) is 24.5 Å². The monoisotopic (exact) mass is 262 g/mol. The molecule has 0 bridgehead atoms. The van der Waals surface area contributed by atoms with E-state index in [4.69, 9.17) is 5.84 Å². The van der Waals surface area contributed by atoms with Gasteiger partial charge in [0, 0.05) is 20.1 Å². The second-order valence-corrected chi connectivity index (χ2v) is 5.30. The molecule has 0 aromatic heterocycles. The molecule has 0 fully saturated rings. The maximum atomic E-state index is 12.1. The van der Waals surface area contributed by atoms with Crippen LogP contribution in [-0.2, 0) is 4.79 Å². The van der Waals surface area contributed by atoms with Gasteiger partial charge in [0.1, 0.15) is 6.04 Å². The third-order valence-corrected chi connectivity index (χ3v) is 3.66. The van der Waals surface area contributed by atoms with Crippen LogP contribution in [0.4, 0.5) is 11.4 Å². The van der Waals surface area contributed by atoms with Crippen molar-refractivity contribution >= 4 is 17.3 Å². The van der Waals surface area contributed by atoms with E-state index < -0.39 is 0 Å². The normalized spacial score (nSPS) is 16.3. The summed E-state index contributed by atoms with van der Waals surface area (Å²) in [5, 5.41) is 0. The van der Waals surface area contributed by atoms with Gasteiger partial charge in [0.15, 0.2) is 0 Å². The molecule has 0 spiro atoms. The molecule has 5 nitrogen and oxygen atoms in total. The second kappa shape index (κ2) is 5.48. The number of anilines is 2. The summed E-state index contributed by atoms with van der Waals surface area (Å²) in [6.07, 6.45) is 0. The predicted octanol–water partition coefficient (Wildman–Crippen LogP) is 0.957. The van der Waals surface area contributed by atoms with E-state index >= 15 is 0 Å². The number of nitrogens with two attached hydrogens (primary N) is 1. The van der Waals surface area contributed by atoms with Crippen LogP contribution < -0.4 is 21.1 Å². The van der Waals surface area contributed by atoms with Gasteiger partial charge in [0.25, 0.3) is 5.91 Å². The van der Waals surface area contributed by atoms with Crippen LogP contribution in [0.3, 0.4) is 0 Å². The van der Waals surface area contributed by atoms with Crippen molar-refractivity contribution in [2.24, 2.45) is 11.8 Å². The number of nitrogens with zero attached hydrogens (tertiary/aromatic N) is 2. The smallest absolute Gasteiger partial charge is 0.256 e. The molecule has 19 heavy (non-hydrogen) atoms. The number of hydrogen-bond acceptors (Lipinski definition) is 4. The Morgan fingerprint density at radius 1 is 1.26 bits per heavy atom. The van der Waals surface area contributed by atoms with Crippen molar-refractivity contribution in [1.82, 2.24) is 5.43 Å². The third-order valence-electron chi connectivity index (χ3n) is 3.66. The van der Waals surface area contributed by atoms with Crippen LogP contribution in [0.15, 0.2) is 24.3 Å². The van der Waals surface area contributed by atoms with Crippen molar-refractivity contribution in [2.75, 3.05) is 29.9 Å². The fraction of sp³-hybridized carbons (Fsp3) is 0.500. The molecule has 1 aromatic rings. The molecule has 2 rings (SSSR count).